The van der Waals surface area contributed by atoms with Gasteiger partial charge in [-0.2, -0.15) is 5.26 Å². The molecule has 2 saturated heterocycles. The average molecular weight is 755 g/mol. The number of fused-ring (bicyclic) bond motifs is 3. The monoisotopic (exact) mass is 754 g/mol. The summed E-state index contributed by atoms with van der Waals surface area (Å²) in [5.41, 5.74) is 0.0591. The van der Waals surface area contributed by atoms with Crippen molar-refractivity contribution < 1.29 is 33.7 Å². The molecule has 55 heavy (non-hydrogen) atoms. The summed E-state index contributed by atoms with van der Waals surface area (Å²) in [5, 5.41) is 20.5. The number of alkyl halides is 1. The highest BCUT2D eigenvalue weighted by Crippen LogP contribution is 2.54. The van der Waals surface area contributed by atoms with Gasteiger partial charge in [-0.15, -0.1) is 10.2 Å². The van der Waals surface area contributed by atoms with Gasteiger partial charge in [-0.05, 0) is 117 Å². The van der Waals surface area contributed by atoms with Gasteiger partial charge in [0.15, 0.2) is 5.78 Å². The molecule has 5 aliphatic rings. The van der Waals surface area contributed by atoms with E-state index in [2.05, 4.69) is 42.4 Å². The van der Waals surface area contributed by atoms with Crippen LogP contribution in [0.5, 0.6) is 0 Å². The first kappa shape index (κ1) is 38.4. The van der Waals surface area contributed by atoms with Crippen molar-refractivity contribution in [3.63, 3.8) is 0 Å². The molecule has 2 bridgehead atoms. The third-order valence-corrected chi connectivity index (χ3v) is 11.4. The van der Waals surface area contributed by atoms with Crippen LogP contribution in [0.15, 0.2) is 52.0 Å². The van der Waals surface area contributed by atoms with E-state index in [1.807, 2.05) is 23.5 Å². The second kappa shape index (κ2) is 13.7. The van der Waals surface area contributed by atoms with E-state index < -0.39 is 47.0 Å². The van der Waals surface area contributed by atoms with E-state index in [-0.39, 0.29) is 42.0 Å². The fraction of sp³-hybridized carbons (Fsp3) is 0.512. The van der Waals surface area contributed by atoms with Crippen LogP contribution in [0, 0.1) is 34.9 Å². The van der Waals surface area contributed by atoms with Crippen molar-refractivity contribution in [2.24, 2.45) is 11.3 Å². The Morgan fingerprint density at radius 1 is 1.11 bits per heavy atom. The lowest BCUT2D eigenvalue weighted by molar-refractivity contribution is -0.135. The number of hydrogen-bond acceptors (Lipinski definition) is 8. The predicted octanol–water partition coefficient (Wildman–Crippen LogP) is 8.20. The van der Waals surface area contributed by atoms with Crippen LogP contribution in [0.3, 0.4) is 0 Å². The van der Waals surface area contributed by atoms with Crippen LogP contribution in [0.2, 0.25) is 0 Å². The summed E-state index contributed by atoms with van der Waals surface area (Å²) in [7, 11) is 0. The Hall–Kier alpha value is -4.92. The summed E-state index contributed by atoms with van der Waals surface area (Å²) >= 11 is 0. The summed E-state index contributed by atoms with van der Waals surface area (Å²) in [4.78, 5) is 42.0. The van der Waals surface area contributed by atoms with Gasteiger partial charge < -0.3 is 19.4 Å². The number of carbonyl (C=O) groups excluding carboxylic acids is 3. The number of nitrogens with zero attached hydrogens (tertiary/aromatic N) is 4. The summed E-state index contributed by atoms with van der Waals surface area (Å²) in [6.45, 7) is 13.7. The number of nitriles is 1. The van der Waals surface area contributed by atoms with E-state index in [0.29, 0.717) is 48.9 Å². The van der Waals surface area contributed by atoms with Gasteiger partial charge >= 0.3 is 6.09 Å². The topological polar surface area (TPSA) is 138 Å². The van der Waals surface area contributed by atoms with Crippen molar-refractivity contribution >= 4 is 17.8 Å². The number of allylic oxidation sites excluding steroid dienone is 1. The standard InChI is InChI=1S/C43H48F2N5O5.H2/c1-40(2,3)31-16-29(31)37(52)50-22-26-18-43(19-26,23-50)38-49-48-36(54-38)30-15-28-27(13-12-24-8-10-25(21-46)11-9-24)14-35(51)34(47-39(53)55-41(4,5)6)20-42(7,45)32(28)17-33(30)44;/h8-11,15-17,26-27,34H,12-14,18-20,22-23H2,1-7H3,(H,47,53);1H. The number of ether oxygens (including phenoxy) is 1. The molecule has 1 radical (unpaired) electrons. The molecule has 8 rings (SSSR count). The van der Waals surface area contributed by atoms with Crippen molar-refractivity contribution in [2.75, 3.05) is 13.1 Å². The van der Waals surface area contributed by atoms with E-state index in [1.165, 1.54) is 13.0 Å². The van der Waals surface area contributed by atoms with Gasteiger partial charge in [0.05, 0.1) is 28.7 Å². The minimum atomic E-state index is -2.23. The number of rotatable bonds is 7. The van der Waals surface area contributed by atoms with Crippen LogP contribution in [0.1, 0.15) is 116 Å². The SMILES string of the molecule is CC(C)(C)OC(=O)NC1CC(C)(F)c2cc(F)c(-c3nnc(C45CC(CN(C(=O)C6=C(C(C)(C)C)[CH]6)C4)C5)o3)cc2C(CCc2ccc(C#N)cc2)CC1=O.[HH]. The third kappa shape index (κ3) is 7.80. The molecule has 12 heteroatoms. The molecule has 3 fully saturated rings. The molecule has 1 saturated carbocycles. The summed E-state index contributed by atoms with van der Waals surface area (Å²) in [6, 6.07) is 10.7. The van der Waals surface area contributed by atoms with Gasteiger partial charge in [0.1, 0.15) is 17.1 Å². The molecular weight excluding hydrogens is 704 g/mol. The second-order valence-corrected chi connectivity index (χ2v) is 18.1. The Kier molecular flexibility index (Phi) is 9.54. The number of Topliss-reactive ketones (excluding diaryl/α,β-unsaturated/α-hetero) is 1. The third-order valence-electron chi connectivity index (χ3n) is 11.4. The molecular formula is C43H50F2N5O5. The molecule has 3 aliphatic carbocycles. The van der Waals surface area contributed by atoms with Gasteiger partial charge in [0.25, 0.3) is 5.89 Å². The Bertz CT molecular complexity index is 2120. The maximum absolute atomic E-state index is 17.0. The molecule has 2 amide bonds. The number of hydrogen-bond donors (Lipinski definition) is 1. The number of piperidine rings is 2. The minimum Gasteiger partial charge on any atom is -0.444 e. The number of amides is 2. The second-order valence-electron chi connectivity index (χ2n) is 18.1. The van der Waals surface area contributed by atoms with E-state index in [1.54, 1.807) is 32.9 Å². The van der Waals surface area contributed by atoms with Gasteiger partial charge in [0, 0.05) is 39.4 Å². The van der Waals surface area contributed by atoms with Crippen LogP contribution in [-0.2, 0) is 31.8 Å². The van der Waals surface area contributed by atoms with Crippen LogP contribution in [0.4, 0.5) is 13.6 Å². The normalized spacial score (nSPS) is 26.3. The summed E-state index contributed by atoms with van der Waals surface area (Å²) < 4.78 is 44.9. The van der Waals surface area contributed by atoms with Gasteiger partial charge in [0.2, 0.25) is 11.8 Å². The highest BCUT2D eigenvalue weighted by atomic mass is 19.1. The number of nitrogens with one attached hydrogen (secondary N) is 1. The molecule has 3 aromatic rings. The largest absolute Gasteiger partial charge is 0.444 e. The molecule has 1 aromatic heterocycles. The highest BCUT2D eigenvalue weighted by Gasteiger charge is 2.56. The summed E-state index contributed by atoms with van der Waals surface area (Å²) in [6.07, 6.45) is 3.06. The predicted molar refractivity (Wildman–Crippen MR) is 202 cm³/mol. The maximum atomic E-state index is 17.0. The summed E-state index contributed by atoms with van der Waals surface area (Å²) in [5.74, 6) is -1.13. The first-order chi connectivity index (χ1) is 25.7. The Labute approximate surface area is 322 Å². The number of aromatic nitrogens is 2. The Morgan fingerprint density at radius 2 is 1.82 bits per heavy atom. The van der Waals surface area contributed by atoms with Gasteiger partial charge in [-0.25, -0.2) is 13.6 Å². The van der Waals surface area contributed by atoms with Crippen LogP contribution < -0.4 is 5.32 Å². The van der Waals surface area contributed by atoms with Crippen LogP contribution >= 0.6 is 0 Å². The fourth-order valence-corrected chi connectivity index (χ4v) is 8.64. The molecule has 10 nitrogen and oxygen atoms in total. The smallest absolute Gasteiger partial charge is 0.408 e. The van der Waals surface area contributed by atoms with Crippen molar-refractivity contribution in [2.45, 2.75) is 116 Å². The zero-order valence-electron chi connectivity index (χ0n) is 32.5. The van der Waals surface area contributed by atoms with Crippen LogP contribution in [0.25, 0.3) is 11.5 Å². The quantitative estimate of drug-likeness (QED) is 0.255. The van der Waals surface area contributed by atoms with Gasteiger partial charge in [-0.1, -0.05) is 32.9 Å². The number of carbonyl (C=O) groups is 3. The van der Waals surface area contributed by atoms with E-state index in [4.69, 9.17) is 9.15 Å². The number of alkyl carbamates (subject to hydrolysis) is 1. The van der Waals surface area contributed by atoms with E-state index in [9.17, 15) is 19.6 Å². The lowest BCUT2D eigenvalue weighted by Crippen LogP contribution is -2.60. The highest BCUT2D eigenvalue weighted by molar-refractivity contribution is 6.04. The van der Waals surface area contributed by atoms with E-state index >= 15 is 8.78 Å². The molecule has 3 atom stereocenters. The minimum absolute atomic E-state index is 0. The lowest BCUT2D eigenvalue weighted by atomic mass is 9.58. The van der Waals surface area contributed by atoms with Gasteiger partial charge in [-0.3, -0.25) is 9.59 Å². The van der Waals surface area contributed by atoms with Crippen molar-refractivity contribution in [3.05, 3.63) is 87.9 Å². The lowest BCUT2D eigenvalue weighted by Gasteiger charge is -2.54. The Balaban J connectivity index is 0.00000532. The number of halogens is 2. The average Bonchev–Trinajstić information content (AvgIpc) is 3.77. The molecule has 291 valence electrons. The molecule has 1 N–H and O–H groups in total. The molecule has 3 heterocycles. The molecule has 2 aromatic carbocycles. The number of aryl methyl sites for hydroxylation is 1. The van der Waals surface area contributed by atoms with Crippen molar-refractivity contribution in [3.8, 4) is 17.5 Å². The van der Waals surface area contributed by atoms with Crippen LogP contribution in [-0.4, -0.2) is 57.6 Å². The molecule has 0 spiro atoms. The fourth-order valence-electron chi connectivity index (χ4n) is 8.64. The maximum Gasteiger partial charge on any atom is 0.408 e. The number of benzene rings is 2. The molecule has 3 unspecified atom stereocenters. The zero-order chi connectivity index (χ0) is 39.7. The van der Waals surface area contributed by atoms with Crippen molar-refractivity contribution in [1.29, 1.82) is 5.26 Å². The first-order valence-corrected chi connectivity index (χ1v) is 19.0. The van der Waals surface area contributed by atoms with Crippen molar-refractivity contribution in [1.82, 2.24) is 20.4 Å². The number of ketones is 1. The first-order valence-electron chi connectivity index (χ1n) is 19.0. The zero-order valence-corrected chi connectivity index (χ0v) is 32.5. The van der Waals surface area contributed by atoms with E-state index in [0.717, 1.165) is 35.6 Å². The molecule has 2 aliphatic heterocycles. The Morgan fingerprint density at radius 3 is 2.45 bits per heavy atom.